The number of nitrogens with one attached hydrogen (secondary N) is 2. The van der Waals surface area contributed by atoms with Gasteiger partial charge in [0.1, 0.15) is 5.69 Å². The Hall–Kier alpha value is -4.88. The first kappa shape index (κ1) is 37.9. The number of carbonyl (C=O) groups excluding carboxylic acids is 1. The fourth-order valence-electron chi connectivity index (χ4n) is 6.18. The van der Waals surface area contributed by atoms with Gasteiger partial charge in [-0.15, -0.1) is 11.8 Å². The van der Waals surface area contributed by atoms with Crippen LogP contribution in [0.15, 0.2) is 131 Å². The second kappa shape index (κ2) is 17.3. The molecule has 0 spiro atoms. The molecule has 0 saturated carbocycles. The van der Waals surface area contributed by atoms with E-state index in [2.05, 4.69) is 38.0 Å². The lowest BCUT2D eigenvalue weighted by Gasteiger charge is -2.36. The second-order valence-corrected chi connectivity index (χ2v) is 15.9. The first-order valence-electron chi connectivity index (χ1n) is 17.3. The van der Waals surface area contributed by atoms with Crippen molar-refractivity contribution in [3.63, 3.8) is 0 Å². The molecule has 1 atom stereocenters. The first-order chi connectivity index (χ1) is 25.6. The van der Waals surface area contributed by atoms with Gasteiger partial charge in [0, 0.05) is 71.8 Å². The number of hydrogen-bond acceptors (Lipinski definition) is 9. The average Bonchev–Trinajstić information content (AvgIpc) is 3.17. The Morgan fingerprint density at radius 2 is 1.57 bits per heavy atom. The summed E-state index contributed by atoms with van der Waals surface area (Å²) in [7, 11) is -4.40. The number of sulfonamides is 1. The zero-order valence-electron chi connectivity index (χ0n) is 29.2. The quantitative estimate of drug-likeness (QED) is 0.0652. The molecule has 0 radical (unpaired) electrons. The molecule has 5 aromatic carbocycles. The minimum Gasteiger partial charge on any atom is -0.376 e. The van der Waals surface area contributed by atoms with E-state index < -0.39 is 26.5 Å². The molecule has 10 nitrogen and oxygen atoms in total. The molecule has 0 aliphatic carbocycles. The van der Waals surface area contributed by atoms with Gasteiger partial charge in [0.05, 0.1) is 9.82 Å². The topological polar surface area (TPSA) is 125 Å². The molecule has 1 heterocycles. The first-order valence-corrected chi connectivity index (χ1v) is 20.2. The van der Waals surface area contributed by atoms with E-state index in [0.717, 1.165) is 54.9 Å². The Balaban J connectivity index is 1.04. The van der Waals surface area contributed by atoms with Gasteiger partial charge in [-0.05, 0) is 83.8 Å². The van der Waals surface area contributed by atoms with Gasteiger partial charge in [0.15, 0.2) is 0 Å². The number of nitrogens with zero attached hydrogens (tertiary/aromatic N) is 3. The van der Waals surface area contributed by atoms with Gasteiger partial charge < -0.3 is 10.2 Å². The molecule has 13 heteroatoms. The van der Waals surface area contributed by atoms with E-state index in [9.17, 15) is 23.3 Å². The smallest absolute Gasteiger partial charge is 0.293 e. The van der Waals surface area contributed by atoms with Crippen LogP contribution < -0.4 is 14.9 Å². The minimum atomic E-state index is -4.40. The van der Waals surface area contributed by atoms with Crippen molar-refractivity contribution in [1.82, 2.24) is 9.62 Å². The Kier molecular flexibility index (Phi) is 12.4. The summed E-state index contributed by atoms with van der Waals surface area (Å²) in [5.74, 6) is -0.168. The number of anilines is 2. The van der Waals surface area contributed by atoms with Crippen LogP contribution in [-0.2, 0) is 16.6 Å². The number of halogens is 1. The molecule has 2 N–H and O–H groups in total. The third kappa shape index (κ3) is 9.76. The SMILES string of the molecule is CC[C@@H](CSc1ccccc1)Nc1ccc(S(=O)(=O)NC(=O)c2ccc(N3CCN(Cc4ccccc4-c4ccc(Cl)cc4)CC3)cc2)cc1[N+](=O)[O-]. The minimum absolute atomic E-state index is 0.101. The molecule has 53 heavy (non-hydrogen) atoms. The van der Waals surface area contributed by atoms with Crippen LogP contribution in [0.1, 0.15) is 29.3 Å². The summed E-state index contributed by atoms with van der Waals surface area (Å²) in [5.41, 5.74) is 4.46. The number of nitro groups is 1. The number of piperazine rings is 1. The van der Waals surface area contributed by atoms with Gasteiger partial charge in [-0.2, -0.15) is 0 Å². The summed E-state index contributed by atoms with van der Waals surface area (Å²) in [5, 5.41) is 15.9. The summed E-state index contributed by atoms with van der Waals surface area (Å²) < 4.78 is 28.5. The van der Waals surface area contributed by atoms with E-state index >= 15 is 0 Å². The molecule has 0 unspecified atom stereocenters. The van der Waals surface area contributed by atoms with E-state index in [1.54, 1.807) is 36.0 Å². The number of hydrogen-bond donors (Lipinski definition) is 2. The number of thioether (sulfide) groups is 1. The maximum absolute atomic E-state index is 13.2. The van der Waals surface area contributed by atoms with Crippen LogP contribution in [0, 0.1) is 10.1 Å². The molecule has 0 bridgehead atoms. The number of amides is 1. The van der Waals surface area contributed by atoms with Crippen LogP contribution in [0.4, 0.5) is 17.1 Å². The molecule has 1 amide bonds. The Bertz CT molecular complexity index is 2150. The third-order valence-corrected chi connectivity index (χ3v) is 11.9. The molecular weight excluding hydrogens is 730 g/mol. The molecule has 1 fully saturated rings. The largest absolute Gasteiger partial charge is 0.376 e. The van der Waals surface area contributed by atoms with Crippen molar-refractivity contribution < 1.29 is 18.1 Å². The number of benzene rings is 5. The molecule has 0 aromatic heterocycles. The lowest BCUT2D eigenvalue weighted by Crippen LogP contribution is -2.46. The van der Waals surface area contributed by atoms with Crippen LogP contribution in [0.3, 0.4) is 0 Å². The normalized spacial score (nSPS) is 14.0. The van der Waals surface area contributed by atoms with Gasteiger partial charge in [-0.3, -0.25) is 19.8 Å². The predicted octanol–water partition coefficient (Wildman–Crippen LogP) is 8.34. The van der Waals surface area contributed by atoms with Crippen LogP contribution in [0.5, 0.6) is 0 Å². The molecule has 1 aliphatic heterocycles. The molecular formula is C40H40ClN5O5S2. The summed E-state index contributed by atoms with van der Waals surface area (Å²) in [6.07, 6.45) is 0.697. The summed E-state index contributed by atoms with van der Waals surface area (Å²) in [6, 6.07) is 36.4. The number of carbonyl (C=O) groups is 1. The highest BCUT2D eigenvalue weighted by Crippen LogP contribution is 2.31. The van der Waals surface area contributed by atoms with E-state index in [1.807, 2.05) is 67.6 Å². The van der Waals surface area contributed by atoms with Crippen molar-refractivity contribution in [3.8, 4) is 11.1 Å². The van der Waals surface area contributed by atoms with E-state index in [-0.39, 0.29) is 22.2 Å². The summed E-state index contributed by atoms with van der Waals surface area (Å²) in [4.78, 5) is 29.8. The molecule has 1 saturated heterocycles. The van der Waals surface area contributed by atoms with Gasteiger partial charge >= 0.3 is 0 Å². The van der Waals surface area contributed by atoms with Crippen molar-refractivity contribution >= 4 is 56.4 Å². The van der Waals surface area contributed by atoms with Crippen molar-refractivity contribution in [3.05, 3.63) is 148 Å². The second-order valence-electron chi connectivity index (χ2n) is 12.7. The van der Waals surface area contributed by atoms with Crippen LogP contribution in [0.25, 0.3) is 11.1 Å². The van der Waals surface area contributed by atoms with E-state index in [1.165, 1.54) is 23.3 Å². The van der Waals surface area contributed by atoms with E-state index in [0.29, 0.717) is 17.2 Å². The fourth-order valence-corrected chi connectivity index (χ4v) is 8.37. The molecule has 6 rings (SSSR count). The zero-order chi connectivity index (χ0) is 37.4. The monoisotopic (exact) mass is 769 g/mol. The van der Waals surface area contributed by atoms with Gasteiger partial charge in [-0.25, -0.2) is 13.1 Å². The number of nitro benzene ring substituents is 1. The average molecular weight is 770 g/mol. The van der Waals surface area contributed by atoms with Gasteiger partial charge in [0.25, 0.3) is 21.6 Å². The lowest BCUT2D eigenvalue weighted by molar-refractivity contribution is -0.384. The third-order valence-electron chi connectivity index (χ3n) is 9.18. The Morgan fingerprint density at radius 3 is 2.25 bits per heavy atom. The Labute approximate surface area is 319 Å². The van der Waals surface area contributed by atoms with Gasteiger partial charge in [0.2, 0.25) is 0 Å². The predicted molar refractivity (Wildman–Crippen MR) is 213 cm³/mol. The zero-order valence-corrected chi connectivity index (χ0v) is 31.5. The highest BCUT2D eigenvalue weighted by molar-refractivity contribution is 7.99. The molecule has 1 aliphatic rings. The van der Waals surface area contributed by atoms with Crippen molar-refractivity contribution in [1.29, 1.82) is 0 Å². The van der Waals surface area contributed by atoms with Crippen LogP contribution in [-0.4, -0.2) is 62.1 Å². The molecule has 5 aromatic rings. The lowest BCUT2D eigenvalue weighted by atomic mass is 9.99. The van der Waals surface area contributed by atoms with Crippen LogP contribution in [0.2, 0.25) is 5.02 Å². The van der Waals surface area contributed by atoms with Gasteiger partial charge in [-0.1, -0.05) is 73.1 Å². The highest BCUT2D eigenvalue weighted by atomic mass is 35.5. The summed E-state index contributed by atoms with van der Waals surface area (Å²) >= 11 is 7.73. The highest BCUT2D eigenvalue weighted by Gasteiger charge is 2.25. The maximum Gasteiger partial charge on any atom is 0.293 e. The Morgan fingerprint density at radius 1 is 0.887 bits per heavy atom. The fraction of sp³-hybridized carbons (Fsp3) is 0.225. The van der Waals surface area contributed by atoms with E-state index in [4.69, 9.17) is 11.6 Å². The van der Waals surface area contributed by atoms with Crippen molar-refractivity contribution in [2.45, 2.75) is 35.7 Å². The summed E-state index contributed by atoms with van der Waals surface area (Å²) in [6.45, 7) is 6.07. The van der Waals surface area contributed by atoms with Crippen LogP contribution >= 0.6 is 23.4 Å². The number of rotatable bonds is 14. The van der Waals surface area contributed by atoms with Crippen molar-refractivity contribution in [2.75, 3.05) is 42.1 Å². The maximum atomic E-state index is 13.2. The van der Waals surface area contributed by atoms with Crippen molar-refractivity contribution in [2.24, 2.45) is 0 Å². The molecule has 274 valence electrons. The standard InChI is InChI=1S/C40H40ClN5O5S2/c1-2-33(28-52-35-9-4-3-5-10-35)42-38-21-20-36(26-39(38)46(48)49)53(50,51)43-40(47)30-14-18-34(19-15-30)45-24-22-44(23-25-45)27-31-8-6-7-11-37(31)29-12-16-32(41)17-13-29/h3-21,26,33,42H,2,22-25,27-28H2,1H3,(H,43,47)/t33-/m0/s1.